The highest BCUT2D eigenvalue weighted by Gasteiger charge is 2.28. The van der Waals surface area contributed by atoms with E-state index >= 15 is 0 Å². The van der Waals surface area contributed by atoms with Crippen LogP contribution >= 0.6 is 22.6 Å². The Kier molecular flexibility index (Phi) is 7.82. The van der Waals surface area contributed by atoms with Crippen molar-refractivity contribution in [3.8, 4) is 5.75 Å². The molecule has 2 amide bonds. The minimum atomic E-state index is -4.41. The summed E-state index contributed by atoms with van der Waals surface area (Å²) in [6, 6.07) is 7.19. The van der Waals surface area contributed by atoms with E-state index in [0.717, 1.165) is 11.1 Å². The van der Waals surface area contributed by atoms with Crippen molar-refractivity contribution in [3.63, 3.8) is 0 Å². The summed E-state index contributed by atoms with van der Waals surface area (Å²) in [5.41, 5.74) is 1.84. The number of aromatic nitrogens is 1. The molecule has 6 nitrogen and oxygen atoms in total. The smallest absolute Gasteiger partial charge is 0.422 e. The number of rotatable bonds is 7. The number of anilines is 1. The van der Waals surface area contributed by atoms with Crippen LogP contribution in [0.2, 0.25) is 0 Å². The number of carbonyl (C=O) groups is 2. The van der Waals surface area contributed by atoms with Crippen LogP contribution in [0.25, 0.3) is 0 Å². The van der Waals surface area contributed by atoms with Gasteiger partial charge in [-0.05, 0) is 42.3 Å². The van der Waals surface area contributed by atoms with Gasteiger partial charge >= 0.3 is 6.18 Å². The third-order valence-electron chi connectivity index (χ3n) is 3.80. The molecule has 0 spiro atoms. The number of nitrogens with one attached hydrogen (secondary N) is 2. The van der Waals surface area contributed by atoms with Crippen LogP contribution in [0.3, 0.4) is 0 Å². The molecule has 0 bridgehead atoms. The standard InChI is InChI=1S/C19H19F3IN3O3/c1-11(25-18(28)13-5-6-24-17(8-13)26-12(2)27)16-4-3-15(7-14(16)9-23)29-10-19(20,21)22/h3-8,11H,9-10H2,1-2H3,(H,25,28)(H,24,26,27). The van der Waals surface area contributed by atoms with Crippen molar-refractivity contribution < 1.29 is 27.5 Å². The van der Waals surface area contributed by atoms with Gasteiger partial charge in [0, 0.05) is 23.1 Å². The number of amides is 2. The largest absolute Gasteiger partial charge is 0.484 e. The SMILES string of the molecule is CC(=O)Nc1cc(C(=O)NC(C)c2ccc(OCC(F)(F)F)cc2CI)ccn1. The van der Waals surface area contributed by atoms with E-state index in [1.165, 1.54) is 37.4 Å². The maximum atomic E-state index is 12.5. The lowest BCUT2D eigenvalue weighted by atomic mass is 10.0. The van der Waals surface area contributed by atoms with E-state index < -0.39 is 18.8 Å². The monoisotopic (exact) mass is 521 g/mol. The lowest BCUT2D eigenvalue weighted by Gasteiger charge is -2.19. The number of hydrogen-bond donors (Lipinski definition) is 2. The quantitative estimate of drug-likeness (QED) is 0.418. The average Bonchev–Trinajstić information content (AvgIpc) is 2.65. The molecule has 0 fully saturated rings. The average molecular weight is 521 g/mol. The summed E-state index contributed by atoms with van der Waals surface area (Å²) in [4.78, 5) is 27.6. The first-order valence-electron chi connectivity index (χ1n) is 8.52. The molecule has 0 radical (unpaired) electrons. The van der Waals surface area contributed by atoms with Crippen molar-refractivity contribution in [1.29, 1.82) is 0 Å². The van der Waals surface area contributed by atoms with Crippen molar-refractivity contribution in [2.75, 3.05) is 11.9 Å². The second-order valence-electron chi connectivity index (χ2n) is 6.20. The molecule has 2 rings (SSSR count). The molecular weight excluding hydrogens is 502 g/mol. The highest BCUT2D eigenvalue weighted by atomic mass is 127. The van der Waals surface area contributed by atoms with Gasteiger partial charge in [-0.2, -0.15) is 13.2 Å². The Bertz CT molecular complexity index is 890. The van der Waals surface area contributed by atoms with Crippen LogP contribution < -0.4 is 15.4 Å². The van der Waals surface area contributed by atoms with E-state index in [2.05, 4.69) is 38.2 Å². The molecule has 1 heterocycles. The van der Waals surface area contributed by atoms with Gasteiger partial charge in [-0.3, -0.25) is 9.59 Å². The van der Waals surface area contributed by atoms with E-state index in [1.807, 2.05) is 0 Å². The van der Waals surface area contributed by atoms with Gasteiger partial charge in [0.15, 0.2) is 6.61 Å². The predicted molar refractivity (Wildman–Crippen MR) is 110 cm³/mol. The molecule has 29 heavy (non-hydrogen) atoms. The van der Waals surface area contributed by atoms with Crippen molar-refractivity contribution >= 4 is 40.2 Å². The van der Waals surface area contributed by atoms with E-state index in [-0.39, 0.29) is 23.4 Å². The van der Waals surface area contributed by atoms with E-state index in [1.54, 1.807) is 13.0 Å². The molecule has 0 saturated carbocycles. The molecule has 2 aromatic rings. The molecule has 0 aliphatic heterocycles. The maximum Gasteiger partial charge on any atom is 0.422 e. The Labute approximate surface area is 179 Å². The van der Waals surface area contributed by atoms with E-state index in [9.17, 15) is 22.8 Å². The topological polar surface area (TPSA) is 80.3 Å². The number of ether oxygens (including phenoxy) is 1. The predicted octanol–water partition coefficient (Wildman–Crippen LogP) is 4.41. The van der Waals surface area contributed by atoms with Gasteiger partial charge in [0.05, 0.1) is 6.04 Å². The van der Waals surface area contributed by atoms with Crippen LogP contribution in [0.15, 0.2) is 36.5 Å². The molecular formula is C19H19F3IN3O3. The molecule has 1 aromatic heterocycles. The Hall–Kier alpha value is -2.37. The van der Waals surface area contributed by atoms with Gasteiger partial charge in [0.25, 0.3) is 5.91 Å². The Balaban J connectivity index is 2.12. The second-order valence-corrected chi connectivity index (χ2v) is 6.97. The summed E-state index contributed by atoms with van der Waals surface area (Å²) in [7, 11) is 0. The fourth-order valence-corrected chi connectivity index (χ4v) is 3.21. The normalized spacial score (nSPS) is 12.2. The summed E-state index contributed by atoms with van der Waals surface area (Å²) in [5, 5.41) is 5.35. The number of alkyl halides is 4. The first-order valence-corrected chi connectivity index (χ1v) is 10.0. The number of benzene rings is 1. The Morgan fingerprint density at radius 2 is 1.97 bits per heavy atom. The molecule has 1 atom stereocenters. The third kappa shape index (κ3) is 7.18. The van der Waals surface area contributed by atoms with Crippen molar-refractivity contribution in [2.45, 2.75) is 30.5 Å². The second kappa shape index (κ2) is 9.90. The molecule has 156 valence electrons. The van der Waals surface area contributed by atoms with E-state index in [0.29, 0.717) is 9.99 Å². The van der Waals surface area contributed by atoms with Gasteiger partial charge < -0.3 is 15.4 Å². The molecule has 0 aliphatic rings. The molecule has 1 unspecified atom stereocenters. The van der Waals surface area contributed by atoms with Gasteiger partial charge in [-0.15, -0.1) is 0 Å². The fourth-order valence-electron chi connectivity index (χ4n) is 2.55. The highest BCUT2D eigenvalue weighted by molar-refractivity contribution is 14.1. The third-order valence-corrected chi connectivity index (χ3v) is 4.62. The first kappa shape index (κ1) is 22.9. The summed E-state index contributed by atoms with van der Waals surface area (Å²) >= 11 is 2.10. The van der Waals surface area contributed by atoms with Crippen LogP contribution in [0, 0.1) is 0 Å². The zero-order valence-corrected chi connectivity index (χ0v) is 17.8. The maximum absolute atomic E-state index is 12.5. The minimum Gasteiger partial charge on any atom is -0.484 e. The lowest BCUT2D eigenvalue weighted by Crippen LogP contribution is -2.27. The van der Waals surface area contributed by atoms with Crippen LogP contribution in [0.5, 0.6) is 5.75 Å². The van der Waals surface area contributed by atoms with E-state index in [4.69, 9.17) is 4.74 Å². The summed E-state index contributed by atoms with van der Waals surface area (Å²) in [6.07, 6.45) is -3.00. The lowest BCUT2D eigenvalue weighted by molar-refractivity contribution is -0.153. The summed E-state index contributed by atoms with van der Waals surface area (Å²) < 4.78 is 42.3. The summed E-state index contributed by atoms with van der Waals surface area (Å²) in [5.74, 6) is -0.298. The molecule has 2 N–H and O–H groups in total. The fraction of sp³-hybridized carbons (Fsp3) is 0.316. The zero-order valence-electron chi connectivity index (χ0n) is 15.6. The van der Waals surface area contributed by atoms with Crippen LogP contribution in [0.4, 0.5) is 19.0 Å². The number of carbonyl (C=O) groups excluding carboxylic acids is 2. The Morgan fingerprint density at radius 3 is 2.59 bits per heavy atom. The molecule has 0 aliphatic carbocycles. The van der Waals surface area contributed by atoms with Crippen LogP contribution in [-0.2, 0) is 9.22 Å². The van der Waals surface area contributed by atoms with Crippen LogP contribution in [0.1, 0.15) is 41.4 Å². The van der Waals surface area contributed by atoms with Crippen LogP contribution in [-0.4, -0.2) is 29.6 Å². The minimum absolute atomic E-state index is 0.116. The highest BCUT2D eigenvalue weighted by Crippen LogP contribution is 2.27. The number of hydrogen-bond acceptors (Lipinski definition) is 4. The van der Waals surface area contributed by atoms with Gasteiger partial charge in [-0.1, -0.05) is 28.7 Å². The first-order chi connectivity index (χ1) is 13.6. The van der Waals surface area contributed by atoms with Gasteiger partial charge in [-0.25, -0.2) is 4.98 Å². The van der Waals surface area contributed by atoms with Gasteiger partial charge in [0.1, 0.15) is 11.6 Å². The van der Waals surface area contributed by atoms with Crippen molar-refractivity contribution in [1.82, 2.24) is 10.3 Å². The number of nitrogens with zero attached hydrogens (tertiary/aromatic N) is 1. The molecule has 0 saturated heterocycles. The molecule has 10 heteroatoms. The van der Waals surface area contributed by atoms with Crippen molar-refractivity contribution in [2.24, 2.45) is 0 Å². The summed E-state index contributed by atoms with van der Waals surface area (Å²) in [6.45, 7) is 1.75. The molecule has 1 aromatic carbocycles. The number of pyridine rings is 1. The number of halogens is 4. The van der Waals surface area contributed by atoms with Crippen molar-refractivity contribution in [3.05, 3.63) is 53.2 Å². The van der Waals surface area contributed by atoms with Gasteiger partial charge in [0.2, 0.25) is 5.91 Å². The Morgan fingerprint density at radius 1 is 1.24 bits per heavy atom. The zero-order chi connectivity index (χ0) is 21.6.